The Hall–Kier alpha value is -2.91. The van der Waals surface area contributed by atoms with Gasteiger partial charge in [0.1, 0.15) is 11.5 Å². The molecule has 7 nitrogen and oxygen atoms in total. The van der Waals surface area contributed by atoms with Gasteiger partial charge in [0.05, 0.1) is 16.8 Å². The lowest BCUT2D eigenvalue weighted by atomic mass is 10.2. The van der Waals surface area contributed by atoms with Gasteiger partial charge in [-0.2, -0.15) is 5.10 Å². The minimum atomic E-state index is -3.23. The topological polar surface area (TPSA) is 112 Å². The van der Waals surface area contributed by atoms with Crippen LogP contribution in [-0.4, -0.2) is 36.1 Å². The molecule has 26 heavy (non-hydrogen) atoms. The second kappa shape index (κ2) is 7.14. The highest BCUT2D eigenvalue weighted by Gasteiger charge is 2.09. The molecule has 3 N–H and O–H groups in total. The van der Waals surface area contributed by atoms with Gasteiger partial charge in [0, 0.05) is 28.8 Å². The van der Waals surface area contributed by atoms with Crippen molar-refractivity contribution in [3.8, 4) is 22.8 Å². The maximum atomic E-state index is 11.5. The third-order valence-electron chi connectivity index (χ3n) is 3.46. The first kappa shape index (κ1) is 17.9. The first-order chi connectivity index (χ1) is 12.3. The van der Waals surface area contributed by atoms with Crippen molar-refractivity contribution in [1.29, 1.82) is 0 Å². The van der Waals surface area contributed by atoms with Crippen molar-refractivity contribution in [2.75, 3.05) is 11.7 Å². The van der Waals surface area contributed by atoms with E-state index in [9.17, 15) is 18.6 Å². The number of anilines is 1. The molecule has 0 aliphatic heterocycles. The summed E-state index contributed by atoms with van der Waals surface area (Å²) in [5.74, 6) is -0.111. The molecule has 2 aromatic carbocycles. The van der Waals surface area contributed by atoms with E-state index in [0.717, 1.165) is 11.8 Å². The summed E-state index contributed by atoms with van der Waals surface area (Å²) >= 11 is 1.34. The molecule has 0 amide bonds. The number of aromatic nitrogens is 1. The Kier molecular flexibility index (Phi) is 4.92. The summed E-state index contributed by atoms with van der Waals surface area (Å²) in [4.78, 5) is 4.64. The molecule has 1 heterocycles. The Morgan fingerprint density at radius 3 is 2.54 bits per heavy atom. The summed E-state index contributed by atoms with van der Waals surface area (Å²) in [6.45, 7) is 0. The highest BCUT2D eigenvalue weighted by atomic mass is 32.2. The number of aromatic hydroxyl groups is 2. The van der Waals surface area contributed by atoms with Crippen molar-refractivity contribution in [1.82, 2.24) is 4.98 Å². The maximum Gasteiger partial charge on any atom is 0.203 e. The lowest BCUT2D eigenvalue weighted by Crippen LogP contribution is -1.96. The third-order valence-corrected chi connectivity index (χ3v) is 5.34. The molecule has 0 atom stereocenters. The molecule has 9 heteroatoms. The van der Waals surface area contributed by atoms with E-state index in [1.807, 2.05) is 5.38 Å². The minimum absolute atomic E-state index is 0.0286. The van der Waals surface area contributed by atoms with E-state index in [0.29, 0.717) is 16.4 Å². The molecule has 0 aliphatic rings. The van der Waals surface area contributed by atoms with E-state index in [-0.39, 0.29) is 16.4 Å². The van der Waals surface area contributed by atoms with Crippen LogP contribution in [0.2, 0.25) is 0 Å². The number of thiazole rings is 1. The van der Waals surface area contributed by atoms with E-state index < -0.39 is 9.84 Å². The van der Waals surface area contributed by atoms with E-state index in [1.165, 1.54) is 35.8 Å². The van der Waals surface area contributed by atoms with Gasteiger partial charge >= 0.3 is 0 Å². The van der Waals surface area contributed by atoms with Gasteiger partial charge in [0.25, 0.3) is 0 Å². The Bertz CT molecular complexity index is 1060. The van der Waals surface area contributed by atoms with Crippen LogP contribution in [0, 0.1) is 0 Å². The average Bonchev–Trinajstić information content (AvgIpc) is 3.05. The molecule has 0 spiro atoms. The largest absolute Gasteiger partial charge is 0.508 e. The van der Waals surface area contributed by atoms with Gasteiger partial charge in [0.2, 0.25) is 5.13 Å². The zero-order chi connectivity index (χ0) is 18.7. The summed E-state index contributed by atoms with van der Waals surface area (Å²) in [5, 5.41) is 25.3. The Labute approximate surface area is 154 Å². The number of nitrogens with zero attached hydrogens (tertiary/aromatic N) is 2. The van der Waals surface area contributed by atoms with Crippen LogP contribution >= 0.6 is 11.3 Å². The van der Waals surface area contributed by atoms with Gasteiger partial charge in [-0.05, 0) is 24.3 Å². The van der Waals surface area contributed by atoms with Gasteiger partial charge in [-0.1, -0.05) is 12.1 Å². The van der Waals surface area contributed by atoms with Crippen LogP contribution in [0.1, 0.15) is 5.56 Å². The summed E-state index contributed by atoms with van der Waals surface area (Å²) < 4.78 is 23.0. The quantitative estimate of drug-likeness (QED) is 0.457. The fourth-order valence-electron chi connectivity index (χ4n) is 2.13. The van der Waals surface area contributed by atoms with Crippen LogP contribution in [0.3, 0.4) is 0 Å². The number of sulfone groups is 1. The van der Waals surface area contributed by atoms with Crippen molar-refractivity contribution in [2.24, 2.45) is 5.10 Å². The number of rotatable bonds is 5. The van der Waals surface area contributed by atoms with Gasteiger partial charge in [0.15, 0.2) is 9.84 Å². The maximum absolute atomic E-state index is 11.5. The number of benzene rings is 2. The first-order valence-corrected chi connectivity index (χ1v) is 10.2. The fourth-order valence-corrected chi connectivity index (χ4v) is 3.43. The SMILES string of the molecule is CS(=O)(=O)c1ccc(-c2csc(N/N=C/c3ccc(O)cc3O)n2)cc1. The standard InChI is InChI=1S/C17H15N3O4S2/c1-26(23,24)14-6-3-11(4-7-14)15-10-25-17(19-15)20-18-9-12-2-5-13(21)8-16(12)22/h2-10,21-22H,1H3,(H,19,20)/b18-9+. The second-order valence-corrected chi connectivity index (χ2v) is 8.32. The van der Waals surface area contributed by atoms with E-state index in [4.69, 9.17) is 0 Å². The zero-order valence-corrected chi connectivity index (χ0v) is 15.3. The van der Waals surface area contributed by atoms with Crippen LogP contribution in [0.15, 0.2) is 57.8 Å². The van der Waals surface area contributed by atoms with Gasteiger partial charge in [-0.15, -0.1) is 11.3 Å². The molecule has 3 rings (SSSR count). The van der Waals surface area contributed by atoms with E-state index in [2.05, 4.69) is 15.5 Å². The molecule has 3 aromatic rings. The molecule has 0 saturated carbocycles. The lowest BCUT2D eigenvalue weighted by Gasteiger charge is -2.00. The monoisotopic (exact) mass is 389 g/mol. The van der Waals surface area contributed by atoms with Crippen LogP contribution in [0.25, 0.3) is 11.3 Å². The van der Waals surface area contributed by atoms with Gasteiger partial charge in [-0.25, -0.2) is 13.4 Å². The number of hydrogen-bond donors (Lipinski definition) is 3. The van der Waals surface area contributed by atoms with E-state index >= 15 is 0 Å². The normalized spacial score (nSPS) is 11.7. The molecular weight excluding hydrogens is 374 g/mol. The molecule has 1 aromatic heterocycles. The van der Waals surface area contributed by atoms with Crippen molar-refractivity contribution in [3.05, 3.63) is 53.4 Å². The van der Waals surface area contributed by atoms with Crippen molar-refractivity contribution >= 4 is 32.5 Å². The minimum Gasteiger partial charge on any atom is -0.508 e. The number of nitrogens with one attached hydrogen (secondary N) is 1. The van der Waals surface area contributed by atoms with Crippen LogP contribution in [0.5, 0.6) is 11.5 Å². The van der Waals surface area contributed by atoms with Crippen LogP contribution in [-0.2, 0) is 9.84 Å². The lowest BCUT2D eigenvalue weighted by molar-refractivity contribution is 0.450. The van der Waals surface area contributed by atoms with Crippen molar-refractivity contribution in [2.45, 2.75) is 4.90 Å². The number of phenolic OH excluding ortho intramolecular Hbond substituents is 2. The van der Waals surface area contributed by atoms with Crippen molar-refractivity contribution in [3.63, 3.8) is 0 Å². The second-order valence-electron chi connectivity index (χ2n) is 5.45. The molecule has 0 unspecified atom stereocenters. The molecule has 134 valence electrons. The number of hydrazone groups is 1. The highest BCUT2D eigenvalue weighted by Crippen LogP contribution is 2.26. The molecule has 0 bridgehead atoms. The third kappa shape index (κ3) is 4.19. The van der Waals surface area contributed by atoms with Gasteiger partial charge < -0.3 is 10.2 Å². The fraction of sp³-hybridized carbons (Fsp3) is 0.0588. The highest BCUT2D eigenvalue weighted by molar-refractivity contribution is 7.90. The van der Waals surface area contributed by atoms with Gasteiger partial charge in [-0.3, -0.25) is 5.43 Å². The summed E-state index contributed by atoms with van der Waals surface area (Å²) in [7, 11) is -3.23. The Morgan fingerprint density at radius 1 is 1.15 bits per heavy atom. The first-order valence-electron chi connectivity index (χ1n) is 7.40. The van der Waals surface area contributed by atoms with Crippen molar-refractivity contribution < 1.29 is 18.6 Å². The molecule has 0 radical (unpaired) electrons. The number of phenols is 2. The summed E-state index contributed by atoms with van der Waals surface area (Å²) in [6.07, 6.45) is 2.58. The average molecular weight is 389 g/mol. The molecule has 0 saturated heterocycles. The zero-order valence-electron chi connectivity index (χ0n) is 13.6. The Balaban J connectivity index is 1.71. The summed E-state index contributed by atoms with van der Waals surface area (Å²) in [5.41, 5.74) is 4.70. The Morgan fingerprint density at radius 2 is 1.88 bits per heavy atom. The van der Waals surface area contributed by atoms with E-state index in [1.54, 1.807) is 24.3 Å². The molecule has 0 aliphatic carbocycles. The van der Waals surface area contributed by atoms with Crippen LogP contribution < -0.4 is 5.43 Å². The smallest absolute Gasteiger partial charge is 0.203 e. The molecule has 0 fully saturated rings. The molecular formula is C17H15N3O4S2. The predicted molar refractivity (Wildman–Crippen MR) is 102 cm³/mol. The summed E-state index contributed by atoms with van der Waals surface area (Å²) in [6, 6.07) is 10.7. The predicted octanol–water partition coefficient (Wildman–Crippen LogP) is 3.07. The number of hydrogen-bond acceptors (Lipinski definition) is 8. The van der Waals surface area contributed by atoms with Crippen LogP contribution in [0.4, 0.5) is 5.13 Å².